The third kappa shape index (κ3) is 4.87. The first-order chi connectivity index (χ1) is 9.66. The molecule has 1 aliphatic rings. The highest BCUT2D eigenvalue weighted by molar-refractivity contribution is 6.30. The van der Waals surface area contributed by atoms with Gasteiger partial charge < -0.3 is 10.6 Å². The summed E-state index contributed by atoms with van der Waals surface area (Å²) in [6.45, 7) is 1.44. The molecule has 0 atom stereocenters. The van der Waals surface area contributed by atoms with Crippen LogP contribution in [0.4, 0.5) is 0 Å². The lowest BCUT2D eigenvalue weighted by atomic mass is 9.79. The molecule has 3 nitrogen and oxygen atoms in total. The standard InChI is InChI=1S/C16H23ClN2O.ClH/c1-18-10-7-15(20)19-12-16(8-2-3-9-16)13-5-4-6-14(17)11-13;/h4-6,11,18H,2-3,7-10,12H2,1H3,(H,19,20);1H. The second kappa shape index (κ2) is 8.62. The van der Waals surface area contributed by atoms with Crippen LogP contribution in [0, 0.1) is 0 Å². The molecule has 0 aliphatic heterocycles. The van der Waals surface area contributed by atoms with Crippen molar-refractivity contribution in [3.63, 3.8) is 0 Å². The Morgan fingerprint density at radius 1 is 1.33 bits per heavy atom. The van der Waals surface area contributed by atoms with Crippen LogP contribution in [0.2, 0.25) is 5.02 Å². The van der Waals surface area contributed by atoms with Crippen LogP contribution in [0.5, 0.6) is 0 Å². The Kier molecular flexibility index (Phi) is 7.50. The van der Waals surface area contributed by atoms with Gasteiger partial charge >= 0.3 is 0 Å². The van der Waals surface area contributed by atoms with Crippen molar-refractivity contribution in [2.75, 3.05) is 20.1 Å². The molecule has 2 N–H and O–H groups in total. The molecule has 0 spiro atoms. The molecule has 1 aromatic rings. The molecule has 2 rings (SSSR count). The lowest BCUT2D eigenvalue weighted by molar-refractivity contribution is -0.121. The van der Waals surface area contributed by atoms with Crippen molar-refractivity contribution in [3.8, 4) is 0 Å². The summed E-state index contributed by atoms with van der Waals surface area (Å²) in [5.74, 6) is 0.118. The summed E-state index contributed by atoms with van der Waals surface area (Å²) in [6, 6.07) is 8.09. The first-order valence-electron chi connectivity index (χ1n) is 7.34. The van der Waals surface area contributed by atoms with E-state index in [1.165, 1.54) is 18.4 Å². The number of hydrogen-bond donors (Lipinski definition) is 2. The zero-order chi connectivity index (χ0) is 14.4. The van der Waals surface area contributed by atoms with Crippen molar-refractivity contribution >= 4 is 29.9 Å². The van der Waals surface area contributed by atoms with Gasteiger partial charge in [0.05, 0.1) is 0 Å². The Bertz CT molecular complexity index is 459. The zero-order valence-electron chi connectivity index (χ0n) is 12.5. The van der Waals surface area contributed by atoms with E-state index < -0.39 is 0 Å². The van der Waals surface area contributed by atoms with Gasteiger partial charge in [-0.25, -0.2) is 0 Å². The SMILES string of the molecule is CNCCC(=O)NCC1(c2cccc(Cl)c2)CCCC1.Cl. The number of benzene rings is 1. The second-order valence-electron chi connectivity index (χ2n) is 5.63. The molecule has 1 fully saturated rings. The Balaban J connectivity index is 0.00000220. The minimum atomic E-state index is 0. The van der Waals surface area contributed by atoms with Gasteiger partial charge in [0, 0.05) is 29.9 Å². The predicted molar refractivity (Wildman–Crippen MR) is 90.4 cm³/mol. The van der Waals surface area contributed by atoms with Gasteiger partial charge in [0.25, 0.3) is 0 Å². The van der Waals surface area contributed by atoms with E-state index >= 15 is 0 Å². The van der Waals surface area contributed by atoms with Gasteiger partial charge in [-0.05, 0) is 37.6 Å². The number of amides is 1. The summed E-state index contributed by atoms with van der Waals surface area (Å²) in [4.78, 5) is 11.8. The monoisotopic (exact) mass is 330 g/mol. The average molecular weight is 331 g/mol. The van der Waals surface area contributed by atoms with Gasteiger partial charge in [-0.15, -0.1) is 12.4 Å². The van der Waals surface area contributed by atoms with E-state index in [0.717, 1.165) is 31.0 Å². The molecule has 1 aliphatic carbocycles. The highest BCUT2D eigenvalue weighted by Gasteiger charge is 2.35. The molecule has 0 radical (unpaired) electrons. The average Bonchev–Trinajstić information content (AvgIpc) is 2.93. The van der Waals surface area contributed by atoms with Gasteiger partial charge in [-0.2, -0.15) is 0 Å². The third-order valence-electron chi connectivity index (χ3n) is 4.22. The molecular weight excluding hydrogens is 307 g/mol. The number of halogens is 2. The fourth-order valence-corrected chi connectivity index (χ4v) is 3.22. The highest BCUT2D eigenvalue weighted by Crippen LogP contribution is 2.41. The van der Waals surface area contributed by atoms with Gasteiger partial charge in [0.1, 0.15) is 0 Å². The molecule has 1 saturated carbocycles. The molecule has 1 aromatic carbocycles. The second-order valence-corrected chi connectivity index (χ2v) is 6.06. The van der Waals surface area contributed by atoms with Crippen LogP contribution in [-0.4, -0.2) is 26.0 Å². The Morgan fingerprint density at radius 3 is 2.67 bits per heavy atom. The van der Waals surface area contributed by atoms with E-state index in [-0.39, 0.29) is 23.7 Å². The van der Waals surface area contributed by atoms with Crippen LogP contribution < -0.4 is 10.6 Å². The molecule has 1 amide bonds. The summed E-state index contributed by atoms with van der Waals surface area (Å²) < 4.78 is 0. The Morgan fingerprint density at radius 2 is 2.05 bits per heavy atom. The third-order valence-corrected chi connectivity index (χ3v) is 4.46. The van der Waals surface area contributed by atoms with E-state index in [1.54, 1.807) is 0 Å². The minimum Gasteiger partial charge on any atom is -0.355 e. The Labute approximate surface area is 138 Å². The quantitative estimate of drug-likeness (QED) is 0.840. The normalized spacial score (nSPS) is 16.3. The fraction of sp³-hybridized carbons (Fsp3) is 0.562. The van der Waals surface area contributed by atoms with E-state index in [1.807, 2.05) is 25.2 Å². The Hall–Kier alpha value is -0.770. The summed E-state index contributed by atoms with van der Waals surface area (Å²) in [7, 11) is 1.86. The topological polar surface area (TPSA) is 41.1 Å². The number of rotatable bonds is 6. The molecule has 0 bridgehead atoms. The minimum absolute atomic E-state index is 0. The van der Waals surface area contributed by atoms with Gasteiger partial charge in [-0.1, -0.05) is 36.6 Å². The van der Waals surface area contributed by atoms with Crippen molar-refractivity contribution in [1.29, 1.82) is 0 Å². The zero-order valence-corrected chi connectivity index (χ0v) is 14.0. The summed E-state index contributed by atoms with van der Waals surface area (Å²) in [6.07, 6.45) is 5.22. The number of carbonyl (C=O) groups excluding carboxylic acids is 1. The van der Waals surface area contributed by atoms with Crippen LogP contribution in [-0.2, 0) is 10.2 Å². The van der Waals surface area contributed by atoms with E-state index in [9.17, 15) is 4.79 Å². The maximum absolute atomic E-state index is 11.8. The molecule has 0 saturated heterocycles. The van der Waals surface area contributed by atoms with Crippen LogP contribution in [0.3, 0.4) is 0 Å². The summed E-state index contributed by atoms with van der Waals surface area (Å²) in [5, 5.41) is 6.87. The number of nitrogens with one attached hydrogen (secondary N) is 2. The van der Waals surface area contributed by atoms with Crippen molar-refractivity contribution in [1.82, 2.24) is 10.6 Å². The predicted octanol–water partition coefficient (Wildman–Crippen LogP) is 3.30. The fourth-order valence-electron chi connectivity index (χ4n) is 3.03. The van der Waals surface area contributed by atoms with Crippen molar-refractivity contribution < 1.29 is 4.79 Å². The van der Waals surface area contributed by atoms with Crippen LogP contribution in [0.15, 0.2) is 24.3 Å². The van der Waals surface area contributed by atoms with Gasteiger partial charge in [0.15, 0.2) is 0 Å². The highest BCUT2D eigenvalue weighted by atomic mass is 35.5. The van der Waals surface area contributed by atoms with E-state index in [2.05, 4.69) is 16.7 Å². The molecular formula is C16H24Cl2N2O. The van der Waals surface area contributed by atoms with Crippen molar-refractivity contribution in [2.45, 2.75) is 37.5 Å². The number of hydrogen-bond acceptors (Lipinski definition) is 2. The van der Waals surface area contributed by atoms with Gasteiger partial charge in [0.2, 0.25) is 5.91 Å². The maximum atomic E-state index is 11.8. The van der Waals surface area contributed by atoms with Crippen molar-refractivity contribution in [3.05, 3.63) is 34.9 Å². The molecule has 0 heterocycles. The smallest absolute Gasteiger partial charge is 0.221 e. The molecule has 118 valence electrons. The molecule has 5 heteroatoms. The number of carbonyl (C=O) groups is 1. The van der Waals surface area contributed by atoms with Crippen LogP contribution >= 0.6 is 24.0 Å². The lowest BCUT2D eigenvalue weighted by Crippen LogP contribution is -2.39. The molecule has 0 unspecified atom stereocenters. The first kappa shape index (κ1) is 18.3. The molecule has 21 heavy (non-hydrogen) atoms. The van der Waals surface area contributed by atoms with Crippen molar-refractivity contribution in [2.24, 2.45) is 0 Å². The molecule has 0 aromatic heterocycles. The summed E-state index contributed by atoms with van der Waals surface area (Å²) in [5.41, 5.74) is 1.33. The van der Waals surface area contributed by atoms with E-state index in [4.69, 9.17) is 11.6 Å². The maximum Gasteiger partial charge on any atom is 0.221 e. The largest absolute Gasteiger partial charge is 0.355 e. The lowest BCUT2D eigenvalue weighted by Gasteiger charge is -2.30. The van der Waals surface area contributed by atoms with Crippen LogP contribution in [0.1, 0.15) is 37.7 Å². The van der Waals surface area contributed by atoms with Crippen LogP contribution in [0.25, 0.3) is 0 Å². The van der Waals surface area contributed by atoms with E-state index in [0.29, 0.717) is 6.42 Å². The summed E-state index contributed by atoms with van der Waals surface area (Å²) >= 11 is 6.12. The van der Waals surface area contributed by atoms with Gasteiger partial charge in [-0.3, -0.25) is 4.79 Å². The first-order valence-corrected chi connectivity index (χ1v) is 7.71.